The maximum atomic E-state index is 12.9. The smallest absolute Gasteiger partial charge is 0.246 e. The van der Waals surface area contributed by atoms with Gasteiger partial charge in [0.2, 0.25) is 21.8 Å². The van der Waals surface area contributed by atoms with Gasteiger partial charge in [-0.2, -0.15) is 0 Å². The van der Waals surface area contributed by atoms with Crippen LogP contribution in [-0.2, 0) is 19.6 Å². The van der Waals surface area contributed by atoms with Gasteiger partial charge in [-0.05, 0) is 40.0 Å². The van der Waals surface area contributed by atoms with Gasteiger partial charge >= 0.3 is 0 Å². The zero-order valence-corrected chi connectivity index (χ0v) is 18.9. The van der Waals surface area contributed by atoms with E-state index in [1.807, 2.05) is 19.9 Å². The Labute approximate surface area is 169 Å². The van der Waals surface area contributed by atoms with Crippen LogP contribution in [0.1, 0.15) is 48.0 Å². The molecule has 2 fully saturated rings. The summed E-state index contributed by atoms with van der Waals surface area (Å²) in [4.78, 5) is 29.7. The fourth-order valence-electron chi connectivity index (χ4n) is 4.68. The van der Waals surface area contributed by atoms with Crippen molar-refractivity contribution in [2.45, 2.75) is 72.1 Å². The van der Waals surface area contributed by atoms with Crippen LogP contribution in [0, 0.1) is 11.8 Å². The average molecular weight is 414 g/mol. The van der Waals surface area contributed by atoms with Crippen molar-refractivity contribution in [2.24, 2.45) is 11.8 Å². The first-order valence-corrected chi connectivity index (χ1v) is 12.0. The molecule has 0 aromatic rings. The van der Waals surface area contributed by atoms with Gasteiger partial charge in [0.1, 0.15) is 0 Å². The van der Waals surface area contributed by atoms with Gasteiger partial charge in [0, 0.05) is 31.2 Å². The highest BCUT2D eigenvalue weighted by Crippen LogP contribution is 2.41. The number of rotatable bonds is 7. The summed E-state index contributed by atoms with van der Waals surface area (Å²) < 4.78 is 25.4. The Balaban J connectivity index is 2.20. The van der Waals surface area contributed by atoms with E-state index in [1.165, 1.54) is 0 Å². The van der Waals surface area contributed by atoms with Gasteiger partial charge in [-0.15, -0.1) is 0 Å². The highest BCUT2D eigenvalue weighted by atomic mass is 32.2. The van der Waals surface area contributed by atoms with Crippen LogP contribution >= 0.6 is 0 Å². The Morgan fingerprint density at radius 1 is 1.18 bits per heavy atom. The molecule has 2 aliphatic heterocycles. The molecule has 0 radical (unpaired) electrons. The number of nitrogens with zero attached hydrogens (tertiary/aromatic N) is 3. The van der Waals surface area contributed by atoms with Crippen LogP contribution in [0.3, 0.4) is 0 Å². The van der Waals surface area contributed by atoms with Gasteiger partial charge < -0.3 is 4.90 Å². The predicted octanol–water partition coefficient (Wildman–Crippen LogP) is 1.70. The lowest BCUT2D eigenvalue weighted by molar-refractivity contribution is -0.131. The van der Waals surface area contributed by atoms with Gasteiger partial charge in [0.05, 0.1) is 24.3 Å². The molecule has 0 spiro atoms. The lowest BCUT2D eigenvalue weighted by atomic mass is 9.88. The summed E-state index contributed by atoms with van der Waals surface area (Å²) in [6.07, 6.45) is 5.01. The molecule has 0 saturated carbocycles. The fraction of sp³-hybridized carbons (Fsp3) is 0.800. The van der Waals surface area contributed by atoms with Crippen molar-refractivity contribution >= 4 is 21.8 Å². The number of hydrogen-bond acceptors (Lipinski definition) is 5. The number of sulfonamides is 1. The Morgan fingerprint density at radius 2 is 1.75 bits per heavy atom. The third kappa shape index (κ3) is 4.43. The van der Waals surface area contributed by atoms with Crippen molar-refractivity contribution in [3.05, 3.63) is 12.2 Å². The standard InChI is InChI=1S/C20H35N3O4S/c1-13(2)18-19-16(23(20(18)25)28(7,26)27)10-12-22(19)17(24)9-8-11-21(14(3)4)15(5)6/h8-9,13-16,18-19H,10-12H2,1-7H3/b9-8+/t16-,18+,19-/m0/s1. The summed E-state index contributed by atoms with van der Waals surface area (Å²) in [6, 6.07) is -0.0882. The minimum Gasteiger partial charge on any atom is -0.333 e. The SMILES string of the molecule is CC(C)[C@H]1C(=O)N(S(C)(=O)=O)[C@H]2CCN(C(=O)/C=C/CN(C(C)C)C(C)C)[C@H]12. The van der Waals surface area contributed by atoms with Gasteiger partial charge in [0.15, 0.2) is 0 Å². The summed E-state index contributed by atoms with van der Waals surface area (Å²) in [5, 5.41) is 0. The van der Waals surface area contributed by atoms with Crippen molar-refractivity contribution in [1.29, 1.82) is 0 Å². The topological polar surface area (TPSA) is 78.0 Å². The highest BCUT2D eigenvalue weighted by Gasteiger charge is 2.58. The molecule has 8 heteroatoms. The third-order valence-electron chi connectivity index (χ3n) is 5.85. The van der Waals surface area contributed by atoms with Crippen molar-refractivity contribution in [3.8, 4) is 0 Å². The minimum absolute atomic E-state index is 0.0403. The van der Waals surface area contributed by atoms with E-state index >= 15 is 0 Å². The average Bonchev–Trinajstić information content (AvgIpc) is 3.05. The second-order valence-electron chi connectivity index (χ2n) is 8.83. The quantitative estimate of drug-likeness (QED) is 0.594. The normalized spacial score (nSPS) is 26.0. The van der Waals surface area contributed by atoms with Crippen LogP contribution in [0.15, 0.2) is 12.2 Å². The summed E-state index contributed by atoms with van der Waals surface area (Å²) in [6.45, 7) is 13.5. The van der Waals surface area contributed by atoms with E-state index in [0.717, 1.165) is 10.6 Å². The van der Waals surface area contributed by atoms with E-state index in [1.54, 1.807) is 11.0 Å². The lowest BCUT2D eigenvalue weighted by Gasteiger charge is -2.30. The molecule has 7 nitrogen and oxygen atoms in total. The first-order valence-electron chi connectivity index (χ1n) is 10.1. The molecule has 0 aliphatic carbocycles. The molecule has 0 N–H and O–H groups in total. The Hall–Kier alpha value is -1.41. The molecular formula is C20H35N3O4S. The zero-order chi connectivity index (χ0) is 21.4. The molecule has 0 unspecified atom stereocenters. The van der Waals surface area contributed by atoms with Crippen LogP contribution in [0.5, 0.6) is 0 Å². The van der Waals surface area contributed by atoms with Crippen molar-refractivity contribution < 1.29 is 18.0 Å². The van der Waals surface area contributed by atoms with Crippen LogP contribution in [0.2, 0.25) is 0 Å². The first-order chi connectivity index (χ1) is 12.9. The number of carbonyl (C=O) groups excluding carboxylic acids is 2. The number of likely N-dealkylation sites (tertiary alicyclic amines) is 1. The Morgan fingerprint density at radius 3 is 2.21 bits per heavy atom. The van der Waals surface area contributed by atoms with E-state index in [9.17, 15) is 18.0 Å². The molecule has 2 saturated heterocycles. The largest absolute Gasteiger partial charge is 0.333 e. The molecule has 0 aromatic heterocycles. The number of amides is 2. The summed E-state index contributed by atoms with van der Waals surface area (Å²) in [7, 11) is -3.65. The van der Waals surface area contributed by atoms with E-state index in [4.69, 9.17) is 0 Å². The number of carbonyl (C=O) groups is 2. The molecule has 160 valence electrons. The molecular weight excluding hydrogens is 378 g/mol. The second-order valence-corrected chi connectivity index (χ2v) is 10.7. The fourth-order valence-corrected chi connectivity index (χ4v) is 5.85. The van der Waals surface area contributed by atoms with Crippen LogP contribution < -0.4 is 0 Å². The van der Waals surface area contributed by atoms with Crippen molar-refractivity contribution in [2.75, 3.05) is 19.3 Å². The van der Waals surface area contributed by atoms with Gasteiger partial charge in [0.25, 0.3) is 0 Å². The van der Waals surface area contributed by atoms with Gasteiger partial charge in [-0.3, -0.25) is 14.5 Å². The van der Waals surface area contributed by atoms with E-state index < -0.39 is 22.0 Å². The Bertz CT molecular complexity index is 722. The molecule has 2 aliphatic rings. The highest BCUT2D eigenvalue weighted by molar-refractivity contribution is 7.88. The summed E-state index contributed by atoms with van der Waals surface area (Å²) in [5.74, 6) is -1.04. The summed E-state index contributed by atoms with van der Waals surface area (Å²) in [5.41, 5.74) is 0. The molecule has 0 aromatic carbocycles. The molecule has 2 rings (SSSR count). The molecule has 3 atom stereocenters. The lowest BCUT2D eigenvalue weighted by Crippen LogP contribution is -2.43. The zero-order valence-electron chi connectivity index (χ0n) is 18.1. The van der Waals surface area contributed by atoms with Gasteiger partial charge in [-0.1, -0.05) is 19.9 Å². The Kier molecular flexibility index (Phi) is 6.97. The predicted molar refractivity (Wildman–Crippen MR) is 110 cm³/mol. The van der Waals surface area contributed by atoms with Crippen molar-refractivity contribution in [3.63, 3.8) is 0 Å². The monoisotopic (exact) mass is 413 g/mol. The maximum Gasteiger partial charge on any atom is 0.246 e. The number of hydrogen-bond donors (Lipinski definition) is 0. The van der Waals surface area contributed by atoms with Gasteiger partial charge in [-0.25, -0.2) is 12.7 Å². The van der Waals surface area contributed by atoms with Crippen molar-refractivity contribution in [1.82, 2.24) is 14.1 Å². The van der Waals surface area contributed by atoms with Crippen LogP contribution in [0.4, 0.5) is 0 Å². The van der Waals surface area contributed by atoms with E-state index in [0.29, 0.717) is 31.6 Å². The first kappa shape index (κ1) is 22.9. The second kappa shape index (κ2) is 8.53. The number of fused-ring (bicyclic) bond motifs is 1. The third-order valence-corrected chi connectivity index (χ3v) is 7.02. The molecule has 28 heavy (non-hydrogen) atoms. The summed E-state index contributed by atoms with van der Waals surface area (Å²) >= 11 is 0. The maximum absolute atomic E-state index is 12.9. The van der Waals surface area contributed by atoms with E-state index in [2.05, 4.69) is 32.6 Å². The van der Waals surface area contributed by atoms with E-state index in [-0.39, 0.29) is 23.8 Å². The minimum atomic E-state index is -3.65. The van der Waals surface area contributed by atoms with Crippen LogP contribution in [0.25, 0.3) is 0 Å². The molecule has 0 bridgehead atoms. The van der Waals surface area contributed by atoms with Crippen LogP contribution in [-0.4, -0.2) is 77.8 Å². The molecule has 2 heterocycles. The molecule has 2 amide bonds.